The Balaban J connectivity index is 1.96. The van der Waals surface area contributed by atoms with Crippen LogP contribution in [0.5, 0.6) is 0 Å². The molecule has 0 aromatic carbocycles. The largest absolute Gasteiger partial charge is 0.386 e. The molecule has 3 unspecified atom stereocenters. The van der Waals surface area contributed by atoms with Crippen molar-refractivity contribution < 1.29 is 9.50 Å². The Bertz CT molecular complexity index is 440. The van der Waals surface area contributed by atoms with Crippen molar-refractivity contribution in [1.29, 1.82) is 0 Å². The average molecular weight is 295 g/mol. The maximum Gasteiger partial charge on any atom is 0.141 e. The molecule has 0 spiro atoms. The molecular weight excluding hydrogens is 269 g/mol. The number of aliphatic hydroxyl groups is 1. The average Bonchev–Trinajstić information content (AvgIpc) is 2.60. The molecule has 1 aliphatic rings. The molecule has 2 rings (SSSR count). The van der Waals surface area contributed by atoms with Crippen LogP contribution in [0.1, 0.15) is 32.1 Å². The van der Waals surface area contributed by atoms with Crippen molar-refractivity contribution in [3.8, 4) is 0 Å². The van der Waals surface area contributed by atoms with Crippen LogP contribution < -0.4 is 0 Å². The molecule has 0 bridgehead atoms. The minimum Gasteiger partial charge on any atom is -0.386 e. The molecule has 1 aromatic heterocycles. The van der Waals surface area contributed by atoms with Crippen LogP contribution >= 0.6 is 0 Å². The van der Waals surface area contributed by atoms with Crippen LogP contribution in [0.4, 0.5) is 4.39 Å². The van der Waals surface area contributed by atoms with Crippen LogP contribution in [0.25, 0.3) is 0 Å². The summed E-state index contributed by atoms with van der Waals surface area (Å²) in [4.78, 5) is 8.78. The first-order chi connectivity index (χ1) is 9.97. The summed E-state index contributed by atoms with van der Waals surface area (Å²) in [5.74, 6) is -0.309. The molecule has 3 atom stereocenters. The normalized spacial score (nSPS) is 24.5. The zero-order chi connectivity index (χ0) is 15.4. The monoisotopic (exact) mass is 295 g/mol. The Morgan fingerprint density at radius 2 is 2.19 bits per heavy atom. The van der Waals surface area contributed by atoms with Crippen molar-refractivity contribution in [2.24, 2.45) is 5.92 Å². The zero-order valence-electron chi connectivity index (χ0n) is 13.2. The molecular formula is C16H26FN3O. The number of aromatic nitrogens is 1. The highest BCUT2D eigenvalue weighted by Crippen LogP contribution is 2.22. The van der Waals surface area contributed by atoms with Gasteiger partial charge in [-0.05, 0) is 45.6 Å². The first-order valence-electron chi connectivity index (χ1n) is 7.69. The van der Waals surface area contributed by atoms with Crippen molar-refractivity contribution in [3.05, 3.63) is 29.8 Å². The molecule has 1 aromatic rings. The predicted molar refractivity (Wildman–Crippen MR) is 81.5 cm³/mol. The zero-order valence-corrected chi connectivity index (χ0v) is 13.2. The lowest BCUT2D eigenvalue weighted by atomic mass is 10.00. The molecule has 0 radical (unpaired) electrons. The summed E-state index contributed by atoms with van der Waals surface area (Å²) in [6.07, 6.45) is 1.66. The van der Waals surface area contributed by atoms with Crippen LogP contribution in [0.2, 0.25) is 0 Å². The van der Waals surface area contributed by atoms with Gasteiger partial charge in [-0.1, -0.05) is 6.92 Å². The highest BCUT2D eigenvalue weighted by Gasteiger charge is 2.25. The van der Waals surface area contributed by atoms with E-state index in [1.807, 2.05) is 6.92 Å². The summed E-state index contributed by atoms with van der Waals surface area (Å²) < 4.78 is 12.9. The predicted octanol–water partition coefficient (Wildman–Crippen LogP) is 1.92. The number of likely N-dealkylation sites (N-methyl/N-ethyl adjacent to an activating group) is 1. The van der Waals surface area contributed by atoms with E-state index < -0.39 is 6.10 Å². The van der Waals surface area contributed by atoms with Gasteiger partial charge < -0.3 is 10.0 Å². The molecule has 1 fully saturated rings. The molecule has 0 aliphatic carbocycles. The minimum atomic E-state index is -0.654. The van der Waals surface area contributed by atoms with Crippen molar-refractivity contribution in [1.82, 2.24) is 14.8 Å². The molecule has 4 nitrogen and oxygen atoms in total. The standard InChI is InChI=1S/C16H26FN3O/c1-12(16(21)15-6-5-14(17)9-18-15)10-20-8-4-7-19(3)11-13(20)2/h5-6,9,12-13,16,21H,4,7-8,10-11H2,1-3H3. The Morgan fingerprint density at radius 1 is 1.43 bits per heavy atom. The number of halogens is 1. The van der Waals surface area contributed by atoms with Crippen molar-refractivity contribution in [2.75, 3.05) is 33.2 Å². The van der Waals surface area contributed by atoms with E-state index in [4.69, 9.17) is 0 Å². The highest BCUT2D eigenvalue weighted by atomic mass is 19.1. The van der Waals surface area contributed by atoms with E-state index in [0.717, 1.165) is 38.8 Å². The molecule has 21 heavy (non-hydrogen) atoms. The first kappa shape index (κ1) is 16.3. The Kier molecular flexibility index (Phi) is 5.67. The van der Waals surface area contributed by atoms with Gasteiger partial charge in [0.1, 0.15) is 5.82 Å². The van der Waals surface area contributed by atoms with E-state index in [1.165, 1.54) is 6.07 Å². The molecule has 0 amide bonds. The topological polar surface area (TPSA) is 39.6 Å². The lowest BCUT2D eigenvalue weighted by molar-refractivity contribution is 0.0735. The third-order valence-electron chi connectivity index (χ3n) is 4.30. The second kappa shape index (κ2) is 7.29. The summed E-state index contributed by atoms with van der Waals surface area (Å²) in [5, 5.41) is 10.4. The van der Waals surface area contributed by atoms with E-state index in [2.05, 4.69) is 28.8 Å². The maximum absolute atomic E-state index is 12.9. The Labute approximate surface area is 126 Å². The third kappa shape index (κ3) is 4.46. The Hall–Kier alpha value is -1.04. The van der Waals surface area contributed by atoms with Crippen molar-refractivity contribution >= 4 is 0 Å². The van der Waals surface area contributed by atoms with Crippen LogP contribution in [0.3, 0.4) is 0 Å². The van der Waals surface area contributed by atoms with Gasteiger partial charge in [-0.25, -0.2) is 4.39 Å². The van der Waals surface area contributed by atoms with E-state index in [-0.39, 0.29) is 11.7 Å². The fourth-order valence-electron chi connectivity index (χ4n) is 3.02. The summed E-state index contributed by atoms with van der Waals surface area (Å²) in [6.45, 7) is 8.32. The van der Waals surface area contributed by atoms with Crippen LogP contribution in [-0.2, 0) is 0 Å². The molecule has 2 heterocycles. The first-order valence-corrected chi connectivity index (χ1v) is 7.69. The van der Waals surface area contributed by atoms with Crippen molar-refractivity contribution in [3.63, 3.8) is 0 Å². The quantitative estimate of drug-likeness (QED) is 0.921. The fraction of sp³-hybridized carbons (Fsp3) is 0.688. The molecule has 1 saturated heterocycles. The number of hydrogen-bond acceptors (Lipinski definition) is 4. The van der Waals surface area contributed by atoms with Crippen LogP contribution in [0, 0.1) is 11.7 Å². The Morgan fingerprint density at radius 3 is 2.86 bits per heavy atom. The van der Waals surface area contributed by atoms with Crippen molar-refractivity contribution in [2.45, 2.75) is 32.4 Å². The second-order valence-electron chi connectivity index (χ2n) is 6.28. The second-order valence-corrected chi connectivity index (χ2v) is 6.28. The van der Waals surface area contributed by atoms with Crippen LogP contribution in [-0.4, -0.2) is 59.2 Å². The van der Waals surface area contributed by atoms with Gasteiger partial charge in [0.25, 0.3) is 0 Å². The van der Waals surface area contributed by atoms with E-state index in [0.29, 0.717) is 11.7 Å². The summed E-state index contributed by atoms with van der Waals surface area (Å²) in [7, 11) is 2.15. The van der Waals surface area contributed by atoms with Gasteiger partial charge in [0.2, 0.25) is 0 Å². The van der Waals surface area contributed by atoms with Gasteiger partial charge in [-0.15, -0.1) is 0 Å². The number of hydrogen-bond donors (Lipinski definition) is 1. The van der Waals surface area contributed by atoms with Gasteiger partial charge in [0, 0.05) is 25.0 Å². The van der Waals surface area contributed by atoms with E-state index in [9.17, 15) is 9.50 Å². The van der Waals surface area contributed by atoms with Gasteiger partial charge in [0.15, 0.2) is 0 Å². The summed E-state index contributed by atoms with van der Waals surface area (Å²) >= 11 is 0. The van der Waals surface area contributed by atoms with Gasteiger partial charge in [-0.3, -0.25) is 9.88 Å². The van der Waals surface area contributed by atoms with E-state index in [1.54, 1.807) is 6.07 Å². The summed E-state index contributed by atoms with van der Waals surface area (Å²) in [6, 6.07) is 3.39. The van der Waals surface area contributed by atoms with E-state index >= 15 is 0 Å². The highest BCUT2D eigenvalue weighted by molar-refractivity contribution is 5.09. The number of nitrogens with zero attached hydrogens (tertiary/aromatic N) is 3. The number of rotatable bonds is 4. The SMILES string of the molecule is CC(CN1CCCN(C)CC1C)C(O)c1ccc(F)cn1. The lowest BCUT2D eigenvalue weighted by Crippen LogP contribution is -2.41. The molecule has 1 N–H and O–H groups in total. The maximum atomic E-state index is 12.9. The minimum absolute atomic E-state index is 0.0637. The smallest absolute Gasteiger partial charge is 0.141 e. The fourth-order valence-corrected chi connectivity index (χ4v) is 3.02. The molecule has 5 heteroatoms. The number of pyridine rings is 1. The van der Waals surface area contributed by atoms with Crippen LogP contribution in [0.15, 0.2) is 18.3 Å². The third-order valence-corrected chi connectivity index (χ3v) is 4.30. The number of aliphatic hydroxyl groups excluding tert-OH is 1. The van der Waals surface area contributed by atoms with Gasteiger partial charge in [0.05, 0.1) is 18.0 Å². The summed E-state index contributed by atoms with van der Waals surface area (Å²) in [5.41, 5.74) is 0.545. The molecule has 1 aliphatic heterocycles. The lowest BCUT2D eigenvalue weighted by Gasteiger charge is -2.31. The van der Waals surface area contributed by atoms with Gasteiger partial charge in [-0.2, -0.15) is 0 Å². The molecule has 0 saturated carbocycles. The van der Waals surface area contributed by atoms with Gasteiger partial charge >= 0.3 is 0 Å². The molecule has 118 valence electrons.